The number of imide groups is 1. The zero-order valence-electron chi connectivity index (χ0n) is 18.0. The first-order valence-electron chi connectivity index (χ1n) is 10.2. The minimum atomic E-state index is -0.390. The molecule has 1 aromatic heterocycles. The van der Waals surface area contributed by atoms with Crippen LogP contribution in [0.5, 0.6) is 11.5 Å². The molecule has 2 heterocycles. The van der Waals surface area contributed by atoms with Crippen molar-refractivity contribution in [2.24, 2.45) is 0 Å². The fourth-order valence-electron chi connectivity index (χ4n) is 3.44. The van der Waals surface area contributed by atoms with E-state index in [1.54, 1.807) is 60.9 Å². The van der Waals surface area contributed by atoms with Crippen LogP contribution in [0.2, 0.25) is 0 Å². The summed E-state index contributed by atoms with van der Waals surface area (Å²) in [6.07, 6.45) is 1.62. The molecule has 1 aliphatic rings. The Kier molecular flexibility index (Phi) is 6.37. The second-order valence-corrected chi connectivity index (χ2v) is 8.37. The minimum Gasteiger partial charge on any atom is -0.495 e. The summed E-state index contributed by atoms with van der Waals surface area (Å²) in [6, 6.07) is 17.8. The SMILES string of the molecule is COc1ccccc1N1C(=O)C(SCc2ccco2)=C(c2ccc(OC(C)C)cc2)C1=O. The van der Waals surface area contributed by atoms with E-state index in [0.29, 0.717) is 39.0 Å². The molecule has 4 rings (SSSR count). The maximum absolute atomic E-state index is 13.5. The molecule has 0 saturated heterocycles. The highest BCUT2D eigenvalue weighted by Gasteiger charge is 2.41. The summed E-state index contributed by atoms with van der Waals surface area (Å²) < 4.78 is 16.5. The monoisotopic (exact) mass is 449 g/mol. The second-order valence-electron chi connectivity index (χ2n) is 7.38. The Morgan fingerprint density at radius 3 is 2.38 bits per heavy atom. The lowest BCUT2D eigenvalue weighted by Gasteiger charge is -2.18. The number of carbonyl (C=O) groups excluding carboxylic acids is 2. The maximum atomic E-state index is 13.5. The normalized spacial score (nSPS) is 13.9. The summed E-state index contributed by atoms with van der Waals surface area (Å²) in [7, 11) is 1.51. The van der Waals surface area contributed by atoms with Crippen molar-refractivity contribution in [2.75, 3.05) is 12.0 Å². The predicted octanol–water partition coefficient (Wildman–Crippen LogP) is 5.29. The number of hydrogen-bond acceptors (Lipinski definition) is 6. The first-order chi connectivity index (χ1) is 15.5. The largest absolute Gasteiger partial charge is 0.495 e. The molecule has 2 amide bonds. The molecule has 0 fully saturated rings. The van der Waals surface area contributed by atoms with Crippen LogP contribution in [0.1, 0.15) is 25.2 Å². The number of furan rings is 1. The number of anilines is 1. The van der Waals surface area contributed by atoms with Crippen LogP contribution in [-0.2, 0) is 15.3 Å². The Labute approximate surface area is 190 Å². The van der Waals surface area contributed by atoms with Gasteiger partial charge in [-0.25, -0.2) is 4.90 Å². The third-order valence-corrected chi connectivity index (χ3v) is 5.92. The maximum Gasteiger partial charge on any atom is 0.272 e. The van der Waals surface area contributed by atoms with Gasteiger partial charge >= 0.3 is 0 Å². The molecule has 3 aromatic rings. The van der Waals surface area contributed by atoms with E-state index in [1.165, 1.54) is 23.8 Å². The minimum absolute atomic E-state index is 0.0372. The number of ether oxygens (including phenoxy) is 2. The standard InChI is InChI=1S/C25H23NO5S/c1-16(2)31-18-12-10-17(11-13-18)22-23(32-15-19-7-6-14-30-19)25(28)26(24(22)27)20-8-4-5-9-21(20)29-3/h4-14,16H,15H2,1-3H3. The lowest BCUT2D eigenvalue weighted by atomic mass is 10.1. The van der Waals surface area contributed by atoms with Crippen molar-refractivity contribution in [1.82, 2.24) is 0 Å². The van der Waals surface area contributed by atoms with Gasteiger partial charge in [-0.15, -0.1) is 11.8 Å². The van der Waals surface area contributed by atoms with E-state index in [1.807, 2.05) is 19.9 Å². The average molecular weight is 450 g/mol. The molecule has 2 aromatic carbocycles. The zero-order valence-corrected chi connectivity index (χ0v) is 18.8. The first kappa shape index (κ1) is 21.8. The van der Waals surface area contributed by atoms with Gasteiger partial charge in [-0.3, -0.25) is 9.59 Å². The summed E-state index contributed by atoms with van der Waals surface area (Å²) in [4.78, 5) is 28.5. The fraction of sp³-hybridized carbons (Fsp3) is 0.200. The van der Waals surface area contributed by atoms with Gasteiger partial charge in [-0.2, -0.15) is 0 Å². The van der Waals surface area contributed by atoms with Crippen molar-refractivity contribution >= 4 is 34.8 Å². The molecule has 6 nitrogen and oxygen atoms in total. The van der Waals surface area contributed by atoms with E-state index in [0.717, 1.165) is 5.76 Å². The lowest BCUT2D eigenvalue weighted by molar-refractivity contribution is -0.119. The van der Waals surface area contributed by atoms with Crippen LogP contribution < -0.4 is 14.4 Å². The molecule has 0 saturated carbocycles. The number of amides is 2. The molecule has 0 bridgehead atoms. The predicted molar refractivity (Wildman–Crippen MR) is 125 cm³/mol. The average Bonchev–Trinajstić information content (AvgIpc) is 3.38. The number of nitrogens with zero attached hydrogens (tertiary/aromatic N) is 1. The molecule has 0 N–H and O–H groups in total. The number of methoxy groups -OCH3 is 1. The number of hydrogen-bond donors (Lipinski definition) is 0. The molecular weight excluding hydrogens is 426 g/mol. The molecule has 0 aliphatic carbocycles. The van der Waals surface area contributed by atoms with E-state index >= 15 is 0 Å². The zero-order chi connectivity index (χ0) is 22.7. The quantitative estimate of drug-likeness (QED) is 0.435. The third-order valence-electron chi connectivity index (χ3n) is 4.82. The number of rotatable bonds is 8. The van der Waals surface area contributed by atoms with E-state index in [2.05, 4.69) is 0 Å². The number of thioether (sulfide) groups is 1. The molecule has 164 valence electrons. The van der Waals surface area contributed by atoms with Gasteiger partial charge in [-0.1, -0.05) is 24.3 Å². The van der Waals surface area contributed by atoms with Crippen LogP contribution in [0.15, 0.2) is 76.2 Å². The summed E-state index contributed by atoms with van der Waals surface area (Å²) in [5.41, 5.74) is 1.42. The van der Waals surface area contributed by atoms with Gasteiger partial charge in [0.1, 0.15) is 17.3 Å². The summed E-state index contributed by atoms with van der Waals surface area (Å²) in [5.74, 6) is 1.53. The molecule has 32 heavy (non-hydrogen) atoms. The fourth-order valence-corrected chi connectivity index (χ4v) is 4.46. The topological polar surface area (TPSA) is 69.0 Å². The van der Waals surface area contributed by atoms with Gasteiger partial charge in [-0.05, 0) is 55.8 Å². The summed E-state index contributed by atoms with van der Waals surface area (Å²) in [5, 5.41) is 0. The second kappa shape index (κ2) is 9.36. The smallest absolute Gasteiger partial charge is 0.272 e. The van der Waals surface area contributed by atoms with Crippen LogP contribution in [0.3, 0.4) is 0 Å². The van der Waals surface area contributed by atoms with Gasteiger partial charge in [0.15, 0.2) is 0 Å². The van der Waals surface area contributed by atoms with Gasteiger partial charge in [0, 0.05) is 0 Å². The van der Waals surface area contributed by atoms with Crippen LogP contribution in [0, 0.1) is 0 Å². The lowest BCUT2D eigenvalue weighted by Crippen LogP contribution is -2.31. The molecule has 0 spiro atoms. The highest BCUT2D eigenvalue weighted by atomic mass is 32.2. The number of benzene rings is 2. The van der Waals surface area contributed by atoms with Crippen LogP contribution >= 0.6 is 11.8 Å². The van der Waals surface area contributed by atoms with E-state index in [4.69, 9.17) is 13.9 Å². The molecule has 7 heteroatoms. The van der Waals surface area contributed by atoms with E-state index in [9.17, 15) is 9.59 Å². The van der Waals surface area contributed by atoms with Gasteiger partial charge < -0.3 is 13.9 Å². The van der Waals surface area contributed by atoms with Crippen LogP contribution in [-0.4, -0.2) is 25.0 Å². The van der Waals surface area contributed by atoms with Crippen molar-refractivity contribution in [3.05, 3.63) is 83.2 Å². The molecule has 0 unspecified atom stereocenters. The molecule has 1 aliphatic heterocycles. The van der Waals surface area contributed by atoms with Crippen molar-refractivity contribution in [3.8, 4) is 11.5 Å². The Balaban J connectivity index is 1.74. The molecule has 0 radical (unpaired) electrons. The molecule has 0 atom stereocenters. The molecular formula is C25H23NO5S. The van der Waals surface area contributed by atoms with Crippen molar-refractivity contribution < 1.29 is 23.5 Å². The van der Waals surface area contributed by atoms with Crippen molar-refractivity contribution in [2.45, 2.75) is 25.7 Å². The Hall–Kier alpha value is -3.45. The van der Waals surface area contributed by atoms with Gasteiger partial charge in [0.2, 0.25) is 0 Å². The van der Waals surface area contributed by atoms with Crippen molar-refractivity contribution in [3.63, 3.8) is 0 Å². The van der Waals surface area contributed by atoms with Gasteiger partial charge in [0.05, 0.1) is 41.4 Å². The Bertz CT molecular complexity index is 1150. The van der Waals surface area contributed by atoms with Crippen LogP contribution in [0.25, 0.3) is 5.57 Å². The van der Waals surface area contributed by atoms with Crippen LogP contribution in [0.4, 0.5) is 5.69 Å². The highest BCUT2D eigenvalue weighted by molar-refractivity contribution is 8.03. The van der Waals surface area contributed by atoms with Gasteiger partial charge in [0.25, 0.3) is 11.8 Å². The van der Waals surface area contributed by atoms with E-state index in [-0.39, 0.29) is 17.9 Å². The first-order valence-corrected chi connectivity index (χ1v) is 11.2. The Morgan fingerprint density at radius 2 is 1.72 bits per heavy atom. The summed E-state index contributed by atoms with van der Waals surface area (Å²) in [6.45, 7) is 3.90. The summed E-state index contributed by atoms with van der Waals surface area (Å²) >= 11 is 1.29. The number of carbonyl (C=O) groups is 2. The Morgan fingerprint density at radius 1 is 0.969 bits per heavy atom. The number of para-hydroxylation sites is 2. The highest BCUT2D eigenvalue weighted by Crippen LogP contribution is 2.42. The van der Waals surface area contributed by atoms with E-state index < -0.39 is 0 Å². The van der Waals surface area contributed by atoms with Crippen molar-refractivity contribution in [1.29, 1.82) is 0 Å². The third kappa shape index (κ3) is 4.29.